The number of halogens is 1. The van der Waals surface area contributed by atoms with Crippen molar-refractivity contribution in [3.63, 3.8) is 0 Å². The maximum atomic E-state index is 12.2. The third kappa shape index (κ3) is 3.77. The van der Waals surface area contributed by atoms with Gasteiger partial charge in [0.1, 0.15) is 15.7 Å². The SMILES string of the molecule is CCOc1cccc(NS(=O)(=O)c2c[nH]c(=O)c(Cl)c2)c1. The molecular formula is C13H13ClN2O4S. The lowest BCUT2D eigenvalue weighted by Crippen LogP contribution is -2.16. The molecule has 0 atom stereocenters. The van der Waals surface area contributed by atoms with E-state index in [2.05, 4.69) is 9.71 Å². The zero-order chi connectivity index (χ0) is 15.5. The van der Waals surface area contributed by atoms with E-state index in [0.717, 1.165) is 12.3 Å². The molecule has 1 heterocycles. The Kier molecular flexibility index (Phi) is 4.54. The number of pyridine rings is 1. The molecule has 0 spiro atoms. The van der Waals surface area contributed by atoms with Crippen LogP contribution >= 0.6 is 11.6 Å². The highest BCUT2D eigenvalue weighted by Gasteiger charge is 2.16. The lowest BCUT2D eigenvalue weighted by Gasteiger charge is -2.09. The van der Waals surface area contributed by atoms with Crippen LogP contribution in [-0.4, -0.2) is 20.0 Å². The highest BCUT2D eigenvalue weighted by Crippen LogP contribution is 2.21. The van der Waals surface area contributed by atoms with Crippen molar-refractivity contribution in [2.45, 2.75) is 11.8 Å². The normalized spacial score (nSPS) is 11.1. The fourth-order valence-electron chi connectivity index (χ4n) is 1.62. The summed E-state index contributed by atoms with van der Waals surface area (Å²) in [5.74, 6) is 0.553. The number of nitrogens with one attached hydrogen (secondary N) is 2. The van der Waals surface area contributed by atoms with E-state index in [-0.39, 0.29) is 9.92 Å². The van der Waals surface area contributed by atoms with E-state index in [0.29, 0.717) is 18.0 Å². The van der Waals surface area contributed by atoms with Crippen molar-refractivity contribution < 1.29 is 13.2 Å². The molecule has 0 bridgehead atoms. The van der Waals surface area contributed by atoms with Crippen molar-refractivity contribution in [2.75, 3.05) is 11.3 Å². The Morgan fingerprint density at radius 2 is 2.10 bits per heavy atom. The van der Waals surface area contributed by atoms with E-state index < -0.39 is 15.6 Å². The highest BCUT2D eigenvalue weighted by atomic mass is 35.5. The molecule has 0 aliphatic rings. The topological polar surface area (TPSA) is 88.3 Å². The summed E-state index contributed by atoms with van der Waals surface area (Å²) in [6.07, 6.45) is 1.09. The lowest BCUT2D eigenvalue weighted by molar-refractivity contribution is 0.340. The van der Waals surface area contributed by atoms with Gasteiger partial charge < -0.3 is 9.72 Å². The van der Waals surface area contributed by atoms with Gasteiger partial charge in [-0.05, 0) is 25.1 Å². The van der Waals surface area contributed by atoms with Crippen molar-refractivity contribution in [3.8, 4) is 5.75 Å². The zero-order valence-electron chi connectivity index (χ0n) is 11.1. The number of sulfonamides is 1. The van der Waals surface area contributed by atoms with E-state index in [9.17, 15) is 13.2 Å². The number of benzene rings is 1. The highest BCUT2D eigenvalue weighted by molar-refractivity contribution is 7.92. The quantitative estimate of drug-likeness (QED) is 0.881. The molecule has 0 aliphatic carbocycles. The minimum Gasteiger partial charge on any atom is -0.494 e. The number of rotatable bonds is 5. The minimum atomic E-state index is -3.84. The van der Waals surface area contributed by atoms with Crippen LogP contribution in [0.5, 0.6) is 5.75 Å². The molecule has 0 saturated carbocycles. The fourth-order valence-corrected chi connectivity index (χ4v) is 2.90. The average Bonchev–Trinajstić information content (AvgIpc) is 2.42. The Balaban J connectivity index is 2.30. The lowest BCUT2D eigenvalue weighted by atomic mass is 10.3. The van der Waals surface area contributed by atoms with Gasteiger partial charge in [0.05, 0.1) is 12.3 Å². The molecule has 112 valence electrons. The van der Waals surface area contributed by atoms with Gasteiger partial charge in [-0.1, -0.05) is 17.7 Å². The molecule has 2 N–H and O–H groups in total. The number of hydrogen-bond acceptors (Lipinski definition) is 4. The number of hydrogen-bond donors (Lipinski definition) is 2. The van der Waals surface area contributed by atoms with Crippen molar-refractivity contribution in [3.05, 3.63) is 51.9 Å². The number of H-pyrrole nitrogens is 1. The molecule has 21 heavy (non-hydrogen) atoms. The third-order valence-electron chi connectivity index (χ3n) is 2.54. The predicted octanol–water partition coefficient (Wildman–Crippen LogP) is 2.23. The molecule has 2 rings (SSSR count). The Bertz CT molecular complexity index is 802. The van der Waals surface area contributed by atoms with Crippen LogP contribution in [0.25, 0.3) is 0 Å². The maximum Gasteiger partial charge on any atom is 0.266 e. The van der Waals surface area contributed by atoms with Gasteiger partial charge in [-0.15, -0.1) is 0 Å². The summed E-state index contributed by atoms with van der Waals surface area (Å²) in [4.78, 5) is 13.3. The molecular weight excluding hydrogens is 316 g/mol. The van der Waals surface area contributed by atoms with E-state index in [1.165, 1.54) is 0 Å². The second-order valence-electron chi connectivity index (χ2n) is 4.08. The van der Waals surface area contributed by atoms with Crippen LogP contribution in [0.4, 0.5) is 5.69 Å². The molecule has 0 fully saturated rings. The summed E-state index contributed by atoms with van der Waals surface area (Å²) in [7, 11) is -3.84. The van der Waals surface area contributed by atoms with Gasteiger partial charge in [0, 0.05) is 12.3 Å². The third-order valence-corrected chi connectivity index (χ3v) is 4.18. The molecule has 0 amide bonds. The number of aromatic nitrogens is 1. The first-order chi connectivity index (χ1) is 9.92. The van der Waals surface area contributed by atoms with Crippen LogP contribution in [0.3, 0.4) is 0 Å². The summed E-state index contributed by atoms with van der Waals surface area (Å²) in [5, 5.41) is -0.194. The number of aromatic amines is 1. The molecule has 8 heteroatoms. The zero-order valence-corrected chi connectivity index (χ0v) is 12.7. The molecule has 1 aromatic heterocycles. The van der Waals surface area contributed by atoms with Gasteiger partial charge in [-0.25, -0.2) is 8.42 Å². The largest absolute Gasteiger partial charge is 0.494 e. The van der Waals surface area contributed by atoms with Crippen molar-refractivity contribution in [1.82, 2.24) is 4.98 Å². The van der Waals surface area contributed by atoms with Crippen LogP contribution in [0.15, 0.2) is 46.2 Å². The summed E-state index contributed by atoms with van der Waals surface area (Å²) in [5.41, 5.74) is -0.197. The minimum absolute atomic E-state index is 0.131. The number of anilines is 1. The summed E-state index contributed by atoms with van der Waals surface area (Å²) in [6.45, 7) is 2.31. The molecule has 0 aliphatic heterocycles. The van der Waals surface area contributed by atoms with Crippen LogP contribution < -0.4 is 15.0 Å². The van der Waals surface area contributed by atoms with E-state index in [1.807, 2.05) is 6.92 Å². The molecule has 0 unspecified atom stereocenters. The predicted molar refractivity (Wildman–Crippen MR) is 80.5 cm³/mol. The van der Waals surface area contributed by atoms with Gasteiger partial charge in [0.15, 0.2) is 0 Å². The summed E-state index contributed by atoms with van der Waals surface area (Å²) < 4.78 is 32.1. The molecule has 1 aromatic carbocycles. The number of ether oxygens (including phenoxy) is 1. The molecule has 2 aromatic rings. The van der Waals surface area contributed by atoms with Crippen molar-refractivity contribution in [1.29, 1.82) is 0 Å². The maximum absolute atomic E-state index is 12.2. The fraction of sp³-hybridized carbons (Fsp3) is 0.154. The Hall–Kier alpha value is -1.99. The first-order valence-electron chi connectivity index (χ1n) is 6.06. The Morgan fingerprint density at radius 3 is 2.76 bits per heavy atom. The van der Waals surface area contributed by atoms with Gasteiger partial charge in [-0.2, -0.15) is 0 Å². The van der Waals surface area contributed by atoms with Crippen molar-refractivity contribution in [2.24, 2.45) is 0 Å². The second kappa shape index (κ2) is 6.19. The van der Waals surface area contributed by atoms with Crippen LogP contribution in [0.2, 0.25) is 5.02 Å². The van der Waals surface area contributed by atoms with Crippen LogP contribution in [-0.2, 0) is 10.0 Å². The molecule has 0 saturated heterocycles. The van der Waals surface area contributed by atoms with Crippen LogP contribution in [0.1, 0.15) is 6.92 Å². The molecule has 6 nitrogen and oxygen atoms in total. The van der Waals surface area contributed by atoms with E-state index >= 15 is 0 Å². The van der Waals surface area contributed by atoms with E-state index in [1.54, 1.807) is 24.3 Å². The van der Waals surface area contributed by atoms with Gasteiger partial charge in [0.25, 0.3) is 15.6 Å². The smallest absolute Gasteiger partial charge is 0.266 e. The Labute approximate surface area is 126 Å². The van der Waals surface area contributed by atoms with Gasteiger partial charge in [-0.3, -0.25) is 9.52 Å². The van der Waals surface area contributed by atoms with Gasteiger partial charge in [0.2, 0.25) is 0 Å². The summed E-state index contributed by atoms with van der Waals surface area (Å²) in [6, 6.07) is 7.64. The van der Waals surface area contributed by atoms with E-state index in [4.69, 9.17) is 16.3 Å². The second-order valence-corrected chi connectivity index (χ2v) is 6.17. The average molecular weight is 329 g/mol. The van der Waals surface area contributed by atoms with Crippen molar-refractivity contribution >= 4 is 27.3 Å². The first-order valence-corrected chi connectivity index (χ1v) is 7.92. The molecule has 0 radical (unpaired) electrons. The standard InChI is InChI=1S/C13H13ClN2O4S/c1-2-20-10-5-3-4-9(6-10)16-21(18,19)11-7-12(14)13(17)15-8-11/h3-8,16H,2H2,1H3,(H,15,17). The van der Waals surface area contributed by atoms with Crippen LogP contribution in [0, 0.1) is 0 Å². The monoisotopic (exact) mass is 328 g/mol. The first kappa shape index (κ1) is 15.4. The summed E-state index contributed by atoms with van der Waals surface area (Å²) >= 11 is 5.63. The van der Waals surface area contributed by atoms with Gasteiger partial charge >= 0.3 is 0 Å². The Morgan fingerprint density at radius 1 is 1.33 bits per heavy atom.